The Labute approximate surface area is 114 Å². The fraction of sp³-hybridized carbons (Fsp3) is 0.167. The molecule has 1 aromatic carbocycles. The van der Waals surface area contributed by atoms with E-state index in [0.717, 1.165) is 20.5 Å². The maximum absolute atomic E-state index is 6.04. The van der Waals surface area contributed by atoms with Crippen molar-refractivity contribution in [1.29, 1.82) is 0 Å². The number of halogens is 2. The standard InChI is InChI=1S/C12H11Cl2NOS/c13-10-2-1-3-11(9(10)6-15)16-7-8-4-5-12(14)17-8/h1-5H,6-7,15H2. The summed E-state index contributed by atoms with van der Waals surface area (Å²) in [4.78, 5) is 1.07. The van der Waals surface area contributed by atoms with Crippen LogP contribution in [0.3, 0.4) is 0 Å². The average molecular weight is 288 g/mol. The van der Waals surface area contributed by atoms with Gasteiger partial charge in [-0.2, -0.15) is 0 Å². The quantitative estimate of drug-likeness (QED) is 0.919. The first-order chi connectivity index (χ1) is 8.20. The maximum Gasteiger partial charge on any atom is 0.125 e. The highest BCUT2D eigenvalue weighted by Crippen LogP contribution is 2.28. The molecule has 5 heteroatoms. The molecular weight excluding hydrogens is 277 g/mol. The Morgan fingerprint density at radius 2 is 2.00 bits per heavy atom. The molecule has 0 unspecified atom stereocenters. The SMILES string of the molecule is NCc1c(Cl)cccc1OCc1ccc(Cl)s1. The Bertz CT molecular complexity index is 513. The second-order valence-electron chi connectivity index (χ2n) is 3.42. The molecule has 2 N–H and O–H groups in total. The zero-order valence-electron chi connectivity index (χ0n) is 8.95. The normalized spacial score (nSPS) is 10.5. The smallest absolute Gasteiger partial charge is 0.125 e. The van der Waals surface area contributed by atoms with E-state index in [2.05, 4.69) is 0 Å². The van der Waals surface area contributed by atoms with Crippen molar-refractivity contribution in [2.75, 3.05) is 0 Å². The number of thiophene rings is 1. The van der Waals surface area contributed by atoms with E-state index in [1.807, 2.05) is 24.3 Å². The van der Waals surface area contributed by atoms with Gasteiger partial charge in [0, 0.05) is 22.0 Å². The molecule has 0 aliphatic rings. The van der Waals surface area contributed by atoms with E-state index < -0.39 is 0 Å². The number of nitrogens with two attached hydrogens (primary N) is 1. The minimum absolute atomic E-state index is 0.361. The summed E-state index contributed by atoms with van der Waals surface area (Å²) in [6, 6.07) is 9.31. The van der Waals surface area contributed by atoms with E-state index in [4.69, 9.17) is 33.7 Å². The summed E-state index contributed by atoms with van der Waals surface area (Å²) in [5, 5.41) is 0.634. The van der Waals surface area contributed by atoms with Crippen LogP contribution in [0.4, 0.5) is 0 Å². The molecule has 0 saturated heterocycles. The Balaban J connectivity index is 2.11. The maximum atomic E-state index is 6.04. The van der Waals surface area contributed by atoms with Gasteiger partial charge in [-0.3, -0.25) is 0 Å². The largest absolute Gasteiger partial charge is 0.488 e. The van der Waals surface area contributed by atoms with Gasteiger partial charge in [-0.25, -0.2) is 0 Å². The predicted octanol–water partition coefficient (Wildman–Crippen LogP) is 4.09. The fourth-order valence-corrected chi connectivity index (χ4v) is 2.69. The van der Waals surface area contributed by atoms with Crippen LogP contribution in [-0.4, -0.2) is 0 Å². The lowest BCUT2D eigenvalue weighted by Crippen LogP contribution is -2.02. The third kappa shape index (κ3) is 3.13. The number of benzene rings is 1. The lowest BCUT2D eigenvalue weighted by molar-refractivity contribution is 0.306. The summed E-state index contributed by atoms with van der Waals surface area (Å²) in [6.07, 6.45) is 0. The van der Waals surface area contributed by atoms with E-state index in [1.54, 1.807) is 6.07 Å². The van der Waals surface area contributed by atoms with Crippen molar-refractivity contribution in [3.05, 3.63) is 50.1 Å². The minimum atomic E-state index is 0.361. The number of ether oxygens (including phenoxy) is 1. The van der Waals surface area contributed by atoms with Crippen molar-refractivity contribution in [3.8, 4) is 5.75 Å². The van der Waals surface area contributed by atoms with E-state index >= 15 is 0 Å². The van der Waals surface area contributed by atoms with E-state index in [0.29, 0.717) is 18.2 Å². The number of rotatable bonds is 4. The van der Waals surface area contributed by atoms with Crippen LogP contribution in [0.25, 0.3) is 0 Å². The molecule has 90 valence electrons. The van der Waals surface area contributed by atoms with Gasteiger partial charge in [0.1, 0.15) is 12.4 Å². The molecule has 17 heavy (non-hydrogen) atoms. The second-order valence-corrected chi connectivity index (χ2v) is 5.62. The molecule has 0 bridgehead atoms. The van der Waals surface area contributed by atoms with Gasteiger partial charge in [0.2, 0.25) is 0 Å². The molecule has 0 spiro atoms. The van der Waals surface area contributed by atoms with Crippen molar-refractivity contribution in [3.63, 3.8) is 0 Å². The Morgan fingerprint density at radius 1 is 1.18 bits per heavy atom. The summed E-state index contributed by atoms with van der Waals surface area (Å²) in [5.74, 6) is 0.726. The number of hydrogen-bond donors (Lipinski definition) is 1. The monoisotopic (exact) mass is 287 g/mol. The summed E-state index contributed by atoms with van der Waals surface area (Å²) in [5.41, 5.74) is 6.47. The summed E-state index contributed by atoms with van der Waals surface area (Å²) >= 11 is 13.4. The first kappa shape index (κ1) is 12.7. The predicted molar refractivity (Wildman–Crippen MR) is 73.0 cm³/mol. The topological polar surface area (TPSA) is 35.2 Å². The molecule has 0 fully saturated rings. The molecule has 2 nitrogen and oxygen atoms in total. The molecule has 0 atom stereocenters. The van der Waals surface area contributed by atoms with Crippen LogP contribution in [0, 0.1) is 0 Å². The molecule has 0 aliphatic carbocycles. The lowest BCUT2D eigenvalue weighted by Gasteiger charge is -2.10. The molecule has 1 aromatic heterocycles. The van der Waals surface area contributed by atoms with Gasteiger partial charge in [-0.15, -0.1) is 11.3 Å². The van der Waals surface area contributed by atoms with E-state index in [1.165, 1.54) is 11.3 Å². The molecule has 0 aliphatic heterocycles. The van der Waals surface area contributed by atoms with Crippen LogP contribution in [0.1, 0.15) is 10.4 Å². The van der Waals surface area contributed by atoms with Crippen LogP contribution in [0.5, 0.6) is 5.75 Å². The van der Waals surface area contributed by atoms with Crippen molar-refractivity contribution in [2.45, 2.75) is 13.2 Å². The molecule has 2 aromatic rings. The van der Waals surface area contributed by atoms with Gasteiger partial charge in [-0.05, 0) is 24.3 Å². The second kappa shape index (κ2) is 5.74. The summed E-state index contributed by atoms with van der Waals surface area (Å²) in [6.45, 7) is 0.838. The third-order valence-electron chi connectivity index (χ3n) is 2.28. The molecule has 0 amide bonds. The Hall–Kier alpha value is -0.740. The molecule has 0 saturated carbocycles. The zero-order valence-corrected chi connectivity index (χ0v) is 11.3. The van der Waals surface area contributed by atoms with Gasteiger partial charge < -0.3 is 10.5 Å². The van der Waals surface area contributed by atoms with Crippen molar-refractivity contribution in [2.24, 2.45) is 5.73 Å². The van der Waals surface area contributed by atoms with Gasteiger partial charge in [0.15, 0.2) is 0 Å². The van der Waals surface area contributed by atoms with Crippen LogP contribution >= 0.6 is 34.5 Å². The van der Waals surface area contributed by atoms with Gasteiger partial charge >= 0.3 is 0 Å². The Kier molecular flexibility index (Phi) is 4.29. The summed E-state index contributed by atoms with van der Waals surface area (Å²) < 4.78 is 6.45. The van der Waals surface area contributed by atoms with Crippen LogP contribution < -0.4 is 10.5 Å². The first-order valence-corrected chi connectivity index (χ1v) is 6.62. The van der Waals surface area contributed by atoms with Crippen molar-refractivity contribution >= 4 is 34.5 Å². The molecule has 0 radical (unpaired) electrons. The zero-order chi connectivity index (χ0) is 12.3. The average Bonchev–Trinajstić information content (AvgIpc) is 2.72. The molecule has 2 rings (SSSR count). The van der Waals surface area contributed by atoms with Gasteiger partial charge in [0.25, 0.3) is 0 Å². The first-order valence-electron chi connectivity index (χ1n) is 5.05. The summed E-state index contributed by atoms with van der Waals surface area (Å²) in [7, 11) is 0. The van der Waals surface area contributed by atoms with Crippen molar-refractivity contribution in [1.82, 2.24) is 0 Å². The number of hydrogen-bond acceptors (Lipinski definition) is 3. The highest BCUT2D eigenvalue weighted by Gasteiger charge is 2.07. The van der Waals surface area contributed by atoms with Crippen LogP contribution in [0.15, 0.2) is 30.3 Å². The van der Waals surface area contributed by atoms with Gasteiger partial charge in [0.05, 0.1) is 4.34 Å². The Morgan fingerprint density at radius 3 is 2.65 bits per heavy atom. The van der Waals surface area contributed by atoms with Crippen LogP contribution in [-0.2, 0) is 13.2 Å². The third-order valence-corrected chi connectivity index (χ3v) is 3.84. The molecule has 1 heterocycles. The lowest BCUT2D eigenvalue weighted by atomic mass is 10.2. The van der Waals surface area contributed by atoms with Crippen molar-refractivity contribution < 1.29 is 4.74 Å². The van der Waals surface area contributed by atoms with E-state index in [9.17, 15) is 0 Å². The minimum Gasteiger partial charge on any atom is -0.488 e. The molecular formula is C12H11Cl2NOS. The fourth-order valence-electron chi connectivity index (χ4n) is 1.45. The van der Waals surface area contributed by atoms with E-state index in [-0.39, 0.29) is 0 Å². The van der Waals surface area contributed by atoms with Gasteiger partial charge in [-0.1, -0.05) is 29.3 Å². The highest BCUT2D eigenvalue weighted by molar-refractivity contribution is 7.16. The van der Waals surface area contributed by atoms with Crippen LogP contribution in [0.2, 0.25) is 9.36 Å². The highest BCUT2D eigenvalue weighted by atomic mass is 35.5.